The van der Waals surface area contributed by atoms with Gasteiger partial charge in [-0.2, -0.15) is 0 Å². The molecule has 14 heavy (non-hydrogen) atoms. The lowest BCUT2D eigenvalue weighted by Gasteiger charge is -2.05. The molecule has 0 fully saturated rings. The average Bonchev–Trinajstić information content (AvgIpc) is 2.09. The molecule has 0 unspecified atom stereocenters. The first kappa shape index (κ1) is 10.8. The number of aryl methyl sites for hydroxylation is 2. The second kappa shape index (κ2) is 4.82. The van der Waals surface area contributed by atoms with Crippen molar-refractivity contribution in [3.05, 3.63) is 34.9 Å². The summed E-state index contributed by atoms with van der Waals surface area (Å²) in [4.78, 5) is 0. The fourth-order valence-corrected chi connectivity index (χ4v) is 1.49. The summed E-state index contributed by atoms with van der Waals surface area (Å²) in [5.74, 6) is 0.305. The first-order chi connectivity index (χ1) is 6.65. The van der Waals surface area contributed by atoms with Gasteiger partial charge in [0.15, 0.2) is 0 Å². The zero-order valence-electron chi connectivity index (χ0n) is 8.62. The summed E-state index contributed by atoms with van der Waals surface area (Å²) in [6, 6.07) is 3.48. The van der Waals surface area contributed by atoms with Crippen LogP contribution >= 0.6 is 0 Å². The molecule has 0 heterocycles. The van der Waals surface area contributed by atoms with E-state index in [0.29, 0.717) is 12.2 Å². The van der Waals surface area contributed by atoms with E-state index in [1.807, 2.05) is 26.0 Å². The largest absolute Gasteiger partial charge is 0.508 e. The van der Waals surface area contributed by atoms with E-state index in [1.165, 1.54) is 0 Å². The van der Waals surface area contributed by atoms with E-state index in [9.17, 15) is 5.11 Å². The normalized spacial score (nSPS) is 11.1. The standard InChI is InChI=1S/C12H16O2/c1-9-7-11(14)8-10(2)12(9)5-3-4-6-13/h3,5,7-8,13-14H,4,6H2,1-2H3. The predicted octanol–water partition coefficient (Wildman–Crippen LogP) is 2.40. The number of hydrogen-bond acceptors (Lipinski definition) is 2. The highest BCUT2D eigenvalue weighted by Gasteiger charge is 2.00. The number of aliphatic hydroxyl groups excluding tert-OH is 1. The van der Waals surface area contributed by atoms with Crippen molar-refractivity contribution < 1.29 is 10.2 Å². The number of aliphatic hydroxyl groups is 1. The first-order valence-electron chi connectivity index (χ1n) is 4.72. The van der Waals surface area contributed by atoms with Gasteiger partial charge in [-0.25, -0.2) is 0 Å². The molecule has 2 heteroatoms. The van der Waals surface area contributed by atoms with Crippen molar-refractivity contribution in [1.29, 1.82) is 0 Å². The molecular weight excluding hydrogens is 176 g/mol. The molecule has 0 aliphatic rings. The second-order valence-electron chi connectivity index (χ2n) is 3.41. The van der Waals surface area contributed by atoms with Crippen LogP contribution in [0.15, 0.2) is 18.2 Å². The third-order valence-electron chi connectivity index (χ3n) is 2.16. The Morgan fingerprint density at radius 2 is 1.79 bits per heavy atom. The second-order valence-corrected chi connectivity index (χ2v) is 3.41. The van der Waals surface area contributed by atoms with Gasteiger partial charge < -0.3 is 10.2 Å². The van der Waals surface area contributed by atoms with E-state index in [1.54, 1.807) is 12.1 Å². The minimum absolute atomic E-state index is 0.173. The maximum absolute atomic E-state index is 9.33. The Morgan fingerprint density at radius 1 is 1.21 bits per heavy atom. The molecule has 0 bridgehead atoms. The fraction of sp³-hybridized carbons (Fsp3) is 0.333. The summed E-state index contributed by atoms with van der Waals surface area (Å²) in [6.45, 7) is 4.10. The average molecular weight is 192 g/mol. The third kappa shape index (κ3) is 2.60. The van der Waals surface area contributed by atoms with Crippen molar-refractivity contribution in [3.8, 4) is 5.75 Å². The van der Waals surface area contributed by atoms with E-state index in [-0.39, 0.29) is 6.61 Å². The number of phenols is 1. The third-order valence-corrected chi connectivity index (χ3v) is 2.16. The molecule has 0 spiro atoms. The van der Waals surface area contributed by atoms with Crippen LogP contribution in [0.25, 0.3) is 6.08 Å². The minimum atomic E-state index is 0.173. The number of rotatable bonds is 3. The number of aromatic hydroxyl groups is 1. The summed E-state index contributed by atoms with van der Waals surface area (Å²) in [6.07, 6.45) is 4.59. The van der Waals surface area contributed by atoms with Gasteiger partial charge in [-0.1, -0.05) is 12.2 Å². The number of benzene rings is 1. The van der Waals surface area contributed by atoms with Crippen molar-refractivity contribution in [3.63, 3.8) is 0 Å². The summed E-state index contributed by atoms with van der Waals surface area (Å²) in [7, 11) is 0. The molecule has 1 rings (SSSR count). The van der Waals surface area contributed by atoms with Crippen molar-refractivity contribution in [2.75, 3.05) is 6.61 Å². The van der Waals surface area contributed by atoms with Crippen molar-refractivity contribution in [1.82, 2.24) is 0 Å². The smallest absolute Gasteiger partial charge is 0.116 e. The molecule has 0 saturated heterocycles. The maximum atomic E-state index is 9.33. The fourth-order valence-electron chi connectivity index (χ4n) is 1.49. The van der Waals surface area contributed by atoms with Crippen LogP contribution in [0.4, 0.5) is 0 Å². The first-order valence-corrected chi connectivity index (χ1v) is 4.72. The molecule has 1 aromatic rings. The van der Waals surface area contributed by atoms with Crippen LogP contribution in [0.1, 0.15) is 23.1 Å². The van der Waals surface area contributed by atoms with Gasteiger partial charge in [-0.3, -0.25) is 0 Å². The predicted molar refractivity (Wildman–Crippen MR) is 58.3 cm³/mol. The molecule has 0 saturated carbocycles. The van der Waals surface area contributed by atoms with Gasteiger partial charge >= 0.3 is 0 Å². The van der Waals surface area contributed by atoms with Crippen LogP contribution in [0.5, 0.6) is 5.75 Å². The summed E-state index contributed by atoms with van der Waals surface area (Å²) in [5.41, 5.74) is 3.23. The van der Waals surface area contributed by atoms with Crippen LogP contribution < -0.4 is 0 Å². The molecule has 76 valence electrons. The van der Waals surface area contributed by atoms with E-state index < -0.39 is 0 Å². The van der Waals surface area contributed by atoms with Gasteiger partial charge in [-0.05, 0) is 49.1 Å². The van der Waals surface area contributed by atoms with Crippen LogP contribution in [-0.4, -0.2) is 16.8 Å². The van der Waals surface area contributed by atoms with Gasteiger partial charge in [0.2, 0.25) is 0 Å². The Labute approximate surface area is 84.5 Å². The quantitative estimate of drug-likeness (QED) is 0.772. The molecule has 0 aliphatic heterocycles. The highest BCUT2D eigenvalue weighted by atomic mass is 16.3. The molecule has 0 aromatic heterocycles. The molecule has 0 atom stereocenters. The van der Waals surface area contributed by atoms with Crippen LogP contribution in [0.2, 0.25) is 0 Å². The van der Waals surface area contributed by atoms with Gasteiger partial charge in [-0.15, -0.1) is 0 Å². The Morgan fingerprint density at radius 3 is 2.29 bits per heavy atom. The number of hydrogen-bond donors (Lipinski definition) is 2. The van der Waals surface area contributed by atoms with E-state index in [0.717, 1.165) is 16.7 Å². The molecule has 0 radical (unpaired) electrons. The summed E-state index contributed by atoms with van der Waals surface area (Å²) >= 11 is 0. The maximum Gasteiger partial charge on any atom is 0.116 e. The monoisotopic (exact) mass is 192 g/mol. The topological polar surface area (TPSA) is 40.5 Å². The Balaban J connectivity index is 2.96. The van der Waals surface area contributed by atoms with E-state index in [2.05, 4.69) is 0 Å². The van der Waals surface area contributed by atoms with Crippen LogP contribution in [-0.2, 0) is 0 Å². The van der Waals surface area contributed by atoms with Crippen molar-refractivity contribution in [2.45, 2.75) is 20.3 Å². The van der Waals surface area contributed by atoms with Gasteiger partial charge in [0.1, 0.15) is 5.75 Å². The van der Waals surface area contributed by atoms with Gasteiger partial charge in [0, 0.05) is 6.61 Å². The van der Waals surface area contributed by atoms with Crippen LogP contribution in [0.3, 0.4) is 0 Å². The summed E-state index contributed by atoms with van der Waals surface area (Å²) in [5, 5.41) is 18.0. The lowest BCUT2D eigenvalue weighted by Crippen LogP contribution is -1.86. The lowest BCUT2D eigenvalue weighted by atomic mass is 10.0. The molecular formula is C12H16O2. The highest BCUT2D eigenvalue weighted by Crippen LogP contribution is 2.21. The van der Waals surface area contributed by atoms with E-state index in [4.69, 9.17) is 5.11 Å². The Hall–Kier alpha value is -1.28. The zero-order valence-corrected chi connectivity index (χ0v) is 8.62. The molecule has 0 amide bonds. The minimum Gasteiger partial charge on any atom is -0.508 e. The highest BCUT2D eigenvalue weighted by molar-refractivity contribution is 5.59. The zero-order chi connectivity index (χ0) is 10.6. The lowest BCUT2D eigenvalue weighted by molar-refractivity contribution is 0.303. The molecule has 2 N–H and O–H groups in total. The molecule has 1 aromatic carbocycles. The number of phenolic OH excluding ortho intramolecular Hbond substituents is 1. The SMILES string of the molecule is Cc1cc(O)cc(C)c1C=CCCO. The molecule has 2 nitrogen and oxygen atoms in total. The Kier molecular flexibility index (Phi) is 3.72. The van der Waals surface area contributed by atoms with Crippen molar-refractivity contribution in [2.24, 2.45) is 0 Å². The van der Waals surface area contributed by atoms with Gasteiger partial charge in [0.25, 0.3) is 0 Å². The van der Waals surface area contributed by atoms with Crippen molar-refractivity contribution >= 4 is 6.08 Å². The molecule has 0 aliphatic carbocycles. The van der Waals surface area contributed by atoms with E-state index >= 15 is 0 Å². The van der Waals surface area contributed by atoms with Crippen LogP contribution in [0, 0.1) is 13.8 Å². The Bertz CT molecular complexity index is 317. The summed E-state index contributed by atoms with van der Waals surface area (Å²) < 4.78 is 0. The van der Waals surface area contributed by atoms with Gasteiger partial charge in [0.05, 0.1) is 0 Å².